The first-order chi connectivity index (χ1) is 17.4. The fraction of sp³-hybridized carbons (Fsp3) is 0.462. The van der Waals surface area contributed by atoms with E-state index in [1.165, 1.54) is 7.11 Å². The summed E-state index contributed by atoms with van der Waals surface area (Å²) < 4.78 is 12.4. The van der Waals surface area contributed by atoms with Crippen molar-refractivity contribution >= 4 is 40.4 Å². The largest absolute Gasteiger partial charge is 0.481 e. The van der Waals surface area contributed by atoms with E-state index in [2.05, 4.69) is 14.9 Å². The lowest BCUT2D eigenvalue weighted by Crippen LogP contribution is -2.42. The molecule has 2 aromatic heterocycles. The quantitative estimate of drug-likeness (QED) is 0.515. The molecule has 1 fully saturated rings. The van der Waals surface area contributed by atoms with Gasteiger partial charge in [-0.3, -0.25) is 9.69 Å². The minimum Gasteiger partial charge on any atom is -0.481 e. The summed E-state index contributed by atoms with van der Waals surface area (Å²) >= 11 is 0. The second-order valence-electron chi connectivity index (χ2n) is 9.53. The number of hydrogen-bond donors (Lipinski definition) is 2. The SMILES string of the molecule is COC(=O)N1c2ccc3c(nc(Nc4ccc(OC)nc4)n3[C@@H]3CCC[C@@H](C(=O)O)C3)c2CC[C@@H]1C. The Morgan fingerprint density at radius 2 is 1.97 bits per heavy atom. The fourth-order valence-electron chi connectivity index (χ4n) is 5.56. The number of pyridine rings is 1. The Balaban J connectivity index is 1.63. The predicted molar refractivity (Wildman–Crippen MR) is 135 cm³/mol. The van der Waals surface area contributed by atoms with Crippen LogP contribution in [-0.2, 0) is 16.0 Å². The molecule has 3 aromatic rings. The molecule has 1 aliphatic carbocycles. The highest BCUT2D eigenvalue weighted by Crippen LogP contribution is 2.42. The smallest absolute Gasteiger partial charge is 0.414 e. The van der Waals surface area contributed by atoms with Crippen molar-refractivity contribution in [1.82, 2.24) is 14.5 Å². The molecule has 1 amide bonds. The van der Waals surface area contributed by atoms with Crippen LogP contribution in [0.4, 0.5) is 22.1 Å². The summed E-state index contributed by atoms with van der Waals surface area (Å²) in [6.07, 6.45) is 5.80. The number of rotatable bonds is 5. The van der Waals surface area contributed by atoms with E-state index in [1.54, 1.807) is 24.3 Å². The van der Waals surface area contributed by atoms with Gasteiger partial charge in [0.15, 0.2) is 0 Å². The second-order valence-corrected chi connectivity index (χ2v) is 9.53. The van der Waals surface area contributed by atoms with Gasteiger partial charge in [-0.1, -0.05) is 6.42 Å². The van der Waals surface area contributed by atoms with Gasteiger partial charge in [0.1, 0.15) is 0 Å². The number of anilines is 3. The van der Waals surface area contributed by atoms with Gasteiger partial charge >= 0.3 is 12.1 Å². The summed E-state index contributed by atoms with van der Waals surface area (Å²) in [5.74, 6) is 0.00411. The first kappa shape index (κ1) is 23.9. The van der Waals surface area contributed by atoms with Crippen LogP contribution in [0.25, 0.3) is 11.0 Å². The fourth-order valence-corrected chi connectivity index (χ4v) is 5.56. The molecule has 0 saturated heterocycles. The van der Waals surface area contributed by atoms with Gasteiger partial charge < -0.3 is 24.5 Å². The number of carboxylic acids is 1. The molecule has 3 atom stereocenters. The third-order valence-corrected chi connectivity index (χ3v) is 7.39. The van der Waals surface area contributed by atoms with Crippen LogP contribution in [0.1, 0.15) is 50.6 Å². The van der Waals surface area contributed by atoms with Crippen LogP contribution in [-0.4, -0.2) is 52.0 Å². The van der Waals surface area contributed by atoms with Crippen LogP contribution in [0.5, 0.6) is 5.88 Å². The maximum Gasteiger partial charge on any atom is 0.414 e. The number of aryl methyl sites for hydroxylation is 1. The molecular weight excluding hydrogens is 462 g/mol. The minimum absolute atomic E-state index is 0.0159. The normalized spacial score (nSPS) is 21.6. The standard InChI is InChI=1S/C26H31N5O5/c1-15-7-9-19-20(30(15)26(34)36-3)10-11-21-23(19)29-25(28-17-8-12-22(35-2)27-14-17)31(21)18-6-4-5-16(13-18)24(32)33/h8,10-12,14-16,18H,4-7,9,13H2,1-3H3,(H,28,29)(H,32,33)/t15-,16+,18+/m0/s1. The number of nitrogens with zero attached hydrogens (tertiary/aromatic N) is 4. The first-order valence-electron chi connectivity index (χ1n) is 12.3. The number of carbonyl (C=O) groups is 2. The Morgan fingerprint density at radius 1 is 1.14 bits per heavy atom. The number of imidazole rings is 1. The molecule has 10 nitrogen and oxygen atoms in total. The van der Waals surface area contributed by atoms with E-state index in [-0.39, 0.29) is 24.1 Å². The molecule has 0 spiro atoms. The monoisotopic (exact) mass is 493 g/mol. The third kappa shape index (κ3) is 4.20. The lowest BCUT2D eigenvalue weighted by Gasteiger charge is -2.34. The van der Waals surface area contributed by atoms with Crippen LogP contribution < -0.4 is 15.0 Å². The van der Waals surface area contributed by atoms with Crippen molar-refractivity contribution in [2.45, 2.75) is 57.5 Å². The van der Waals surface area contributed by atoms with Crippen molar-refractivity contribution in [2.24, 2.45) is 5.92 Å². The van der Waals surface area contributed by atoms with E-state index in [9.17, 15) is 14.7 Å². The molecule has 190 valence electrons. The number of fused-ring (bicyclic) bond motifs is 3. The van der Waals surface area contributed by atoms with E-state index in [0.29, 0.717) is 24.7 Å². The summed E-state index contributed by atoms with van der Waals surface area (Å²) in [5, 5.41) is 13.1. The Kier molecular flexibility index (Phi) is 6.42. The molecule has 1 aliphatic heterocycles. The molecule has 1 aromatic carbocycles. The van der Waals surface area contributed by atoms with Gasteiger partial charge in [-0.25, -0.2) is 14.8 Å². The number of benzene rings is 1. The zero-order chi connectivity index (χ0) is 25.4. The number of aliphatic carboxylic acids is 1. The summed E-state index contributed by atoms with van der Waals surface area (Å²) in [6.45, 7) is 2.01. The number of ether oxygens (including phenoxy) is 2. The van der Waals surface area contributed by atoms with Crippen LogP contribution in [0.2, 0.25) is 0 Å². The van der Waals surface area contributed by atoms with Gasteiger partial charge in [-0.05, 0) is 57.2 Å². The summed E-state index contributed by atoms with van der Waals surface area (Å²) in [7, 11) is 2.96. The second kappa shape index (κ2) is 9.67. The van der Waals surface area contributed by atoms with E-state index in [1.807, 2.05) is 25.1 Å². The first-order valence-corrected chi connectivity index (χ1v) is 12.3. The molecule has 1 saturated carbocycles. The van der Waals surface area contributed by atoms with Gasteiger partial charge in [0.25, 0.3) is 0 Å². The number of nitrogens with one attached hydrogen (secondary N) is 1. The zero-order valence-electron chi connectivity index (χ0n) is 20.7. The Morgan fingerprint density at radius 3 is 2.67 bits per heavy atom. The highest BCUT2D eigenvalue weighted by Gasteiger charge is 2.34. The highest BCUT2D eigenvalue weighted by atomic mass is 16.5. The number of carboxylic acid groups (broad SMARTS) is 1. The van der Waals surface area contributed by atoms with Gasteiger partial charge in [0.2, 0.25) is 11.8 Å². The van der Waals surface area contributed by atoms with E-state index < -0.39 is 5.97 Å². The average molecular weight is 494 g/mol. The molecule has 5 rings (SSSR count). The van der Waals surface area contributed by atoms with E-state index in [4.69, 9.17) is 14.5 Å². The molecule has 3 heterocycles. The van der Waals surface area contributed by atoms with Gasteiger partial charge in [0, 0.05) is 23.7 Å². The number of hydrogen-bond acceptors (Lipinski definition) is 7. The minimum atomic E-state index is -0.752. The Bertz CT molecular complexity index is 1290. The van der Waals surface area contributed by atoms with Crippen molar-refractivity contribution in [3.63, 3.8) is 0 Å². The molecule has 0 bridgehead atoms. The maximum atomic E-state index is 12.6. The summed E-state index contributed by atoms with van der Waals surface area (Å²) in [4.78, 5) is 35.4. The van der Waals surface area contributed by atoms with Crippen LogP contribution in [0.15, 0.2) is 30.5 Å². The van der Waals surface area contributed by atoms with Crippen molar-refractivity contribution in [3.8, 4) is 5.88 Å². The summed E-state index contributed by atoms with van der Waals surface area (Å²) in [6, 6.07) is 7.58. The number of amides is 1. The number of aromatic nitrogens is 3. The third-order valence-electron chi connectivity index (χ3n) is 7.39. The maximum absolute atomic E-state index is 12.6. The number of methoxy groups -OCH3 is 2. The van der Waals surface area contributed by atoms with Gasteiger partial charge in [-0.2, -0.15) is 0 Å². The van der Waals surface area contributed by atoms with Crippen molar-refractivity contribution in [2.75, 3.05) is 24.4 Å². The molecule has 0 unspecified atom stereocenters. The van der Waals surface area contributed by atoms with Crippen molar-refractivity contribution < 1.29 is 24.2 Å². The average Bonchev–Trinajstić information content (AvgIpc) is 3.26. The highest BCUT2D eigenvalue weighted by molar-refractivity contribution is 5.96. The number of carbonyl (C=O) groups excluding carboxylic acids is 1. The molecule has 36 heavy (non-hydrogen) atoms. The molecule has 0 radical (unpaired) electrons. The lowest BCUT2D eigenvalue weighted by atomic mass is 9.85. The molecular formula is C26H31N5O5. The van der Waals surface area contributed by atoms with Crippen LogP contribution in [0, 0.1) is 5.92 Å². The van der Waals surface area contributed by atoms with Crippen LogP contribution in [0.3, 0.4) is 0 Å². The van der Waals surface area contributed by atoms with Crippen molar-refractivity contribution in [3.05, 3.63) is 36.0 Å². The van der Waals surface area contributed by atoms with Crippen molar-refractivity contribution in [1.29, 1.82) is 0 Å². The van der Waals surface area contributed by atoms with E-state index >= 15 is 0 Å². The van der Waals surface area contributed by atoms with Gasteiger partial charge in [-0.15, -0.1) is 0 Å². The van der Waals surface area contributed by atoms with E-state index in [0.717, 1.165) is 53.7 Å². The predicted octanol–water partition coefficient (Wildman–Crippen LogP) is 4.91. The Hall–Kier alpha value is -3.82. The zero-order valence-corrected chi connectivity index (χ0v) is 20.7. The summed E-state index contributed by atoms with van der Waals surface area (Å²) in [5.41, 5.74) is 4.29. The molecule has 2 aliphatic rings. The molecule has 2 N–H and O–H groups in total. The molecule has 10 heteroatoms. The Labute approximate surface area is 209 Å². The van der Waals surface area contributed by atoms with Crippen LogP contribution >= 0.6 is 0 Å². The topological polar surface area (TPSA) is 119 Å². The lowest BCUT2D eigenvalue weighted by molar-refractivity contribution is -0.143. The van der Waals surface area contributed by atoms with Gasteiger partial charge in [0.05, 0.1) is 48.7 Å².